The van der Waals surface area contributed by atoms with Gasteiger partial charge in [-0.15, -0.1) is 11.3 Å². The molecule has 1 heterocycles. The van der Waals surface area contributed by atoms with Crippen LogP contribution in [0.5, 0.6) is 0 Å². The molecule has 116 valence electrons. The Bertz CT molecular complexity index is 652. The van der Waals surface area contributed by atoms with Crippen LogP contribution < -0.4 is 10.0 Å². The van der Waals surface area contributed by atoms with E-state index in [1.165, 1.54) is 18.5 Å². The SMILES string of the molecule is CNS(=O)(=O)c1csc(C(=O)N[C@H]2CC[C@@H](C(=O)O)C2)c1. The predicted octanol–water partition coefficient (Wildman–Crippen LogP) is 0.639. The fourth-order valence-electron chi connectivity index (χ4n) is 2.29. The monoisotopic (exact) mass is 332 g/mol. The number of rotatable bonds is 5. The van der Waals surface area contributed by atoms with Crippen molar-refractivity contribution in [2.24, 2.45) is 5.92 Å². The Kier molecular flexibility index (Phi) is 4.64. The molecule has 1 aliphatic rings. The smallest absolute Gasteiger partial charge is 0.306 e. The number of thiophene rings is 1. The normalized spacial score (nSPS) is 22.1. The number of nitrogens with one attached hydrogen (secondary N) is 2. The number of carbonyl (C=O) groups excluding carboxylic acids is 1. The lowest BCUT2D eigenvalue weighted by Crippen LogP contribution is -2.32. The summed E-state index contributed by atoms with van der Waals surface area (Å²) >= 11 is 1.04. The number of carbonyl (C=O) groups is 2. The lowest BCUT2D eigenvalue weighted by Gasteiger charge is -2.11. The number of amides is 1. The van der Waals surface area contributed by atoms with Gasteiger partial charge in [-0.05, 0) is 32.4 Å². The molecule has 0 aromatic carbocycles. The van der Waals surface area contributed by atoms with Crippen molar-refractivity contribution in [2.45, 2.75) is 30.2 Å². The van der Waals surface area contributed by atoms with Crippen LogP contribution in [0.4, 0.5) is 0 Å². The zero-order valence-corrected chi connectivity index (χ0v) is 13.0. The first-order chi connectivity index (χ1) is 9.83. The molecule has 0 bridgehead atoms. The van der Waals surface area contributed by atoms with Gasteiger partial charge in [0.2, 0.25) is 10.0 Å². The highest BCUT2D eigenvalue weighted by atomic mass is 32.2. The second kappa shape index (κ2) is 6.12. The maximum atomic E-state index is 12.0. The van der Waals surface area contributed by atoms with E-state index in [0.717, 1.165) is 11.3 Å². The van der Waals surface area contributed by atoms with Crippen molar-refractivity contribution in [3.05, 3.63) is 16.3 Å². The van der Waals surface area contributed by atoms with Gasteiger partial charge >= 0.3 is 5.97 Å². The number of aliphatic carboxylic acids is 1. The van der Waals surface area contributed by atoms with E-state index in [4.69, 9.17) is 5.11 Å². The van der Waals surface area contributed by atoms with Crippen LogP contribution in [-0.4, -0.2) is 38.5 Å². The van der Waals surface area contributed by atoms with Gasteiger partial charge in [-0.2, -0.15) is 0 Å². The average molecular weight is 332 g/mol. The van der Waals surface area contributed by atoms with E-state index < -0.39 is 21.9 Å². The summed E-state index contributed by atoms with van der Waals surface area (Å²) in [6.07, 6.45) is 1.58. The van der Waals surface area contributed by atoms with Crippen molar-refractivity contribution in [1.29, 1.82) is 0 Å². The predicted molar refractivity (Wildman–Crippen MR) is 76.8 cm³/mol. The highest BCUT2D eigenvalue weighted by molar-refractivity contribution is 7.89. The maximum Gasteiger partial charge on any atom is 0.306 e. The van der Waals surface area contributed by atoms with Gasteiger partial charge in [-0.1, -0.05) is 0 Å². The van der Waals surface area contributed by atoms with Gasteiger partial charge in [0.05, 0.1) is 15.7 Å². The molecular weight excluding hydrogens is 316 g/mol. The first-order valence-electron chi connectivity index (χ1n) is 6.39. The van der Waals surface area contributed by atoms with Gasteiger partial charge in [0.1, 0.15) is 0 Å². The molecule has 2 atom stereocenters. The van der Waals surface area contributed by atoms with E-state index in [1.807, 2.05) is 0 Å². The summed E-state index contributed by atoms with van der Waals surface area (Å²) in [6, 6.07) is 1.14. The van der Waals surface area contributed by atoms with E-state index >= 15 is 0 Å². The summed E-state index contributed by atoms with van der Waals surface area (Å²) in [7, 11) is -2.25. The van der Waals surface area contributed by atoms with Gasteiger partial charge in [0.25, 0.3) is 5.91 Å². The Balaban J connectivity index is 2.01. The van der Waals surface area contributed by atoms with Crippen molar-refractivity contribution < 1.29 is 23.1 Å². The molecule has 0 spiro atoms. The summed E-state index contributed by atoms with van der Waals surface area (Å²) in [5.74, 6) is -1.63. The zero-order chi connectivity index (χ0) is 15.6. The minimum Gasteiger partial charge on any atom is -0.481 e. The summed E-state index contributed by atoms with van der Waals surface area (Å²) in [5, 5.41) is 13.1. The van der Waals surface area contributed by atoms with E-state index in [0.29, 0.717) is 24.1 Å². The van der Waals surface area contributed by atoms with Crippen LogP contribution in [0.3, 0.4) is 0 Å². The van der Waals surface area contributed by atoms with Crippen LogP contribution in [0, 0.1) is 5.92 Å². The molecule has 1 amide bonds. The number of hydrogen-bond donors (Lipinski definition) is 3. The Labute approximate surface area is 126 Å². The van der Waals surface area contributed by atoms with E-state index in [9.17, 15) is 18.0 Å². The van der Waals surface area contributed by atoms with Crippen molar-refractivity contribution in [3.63, 3.8) is 0 Å². The largest absolute Gasteiger partial charge is 0.481 e. The van der Waals surface area contributed by atoms with Crippen LogP contribution in [0.2, 0.25) is 0 Å². The van der Waals surface area contributed by atoms with Gasteiger partial charge < -0.3 is 10.4 Å². The second-order valence-corrected chi connectivity index (χ2v) is 7.67. The first kappa shape index (κ1) is 15.9. The van der Waals surface area contributed by atoms with Gasteiger partial charge in [-0.25, -0.2) is 13.1 Å². The Morgan fingerprint density at radius 3 is 2.67 bits per heavy atom. The molecule has 2 rings (SSSR count). The van der Waals surface area contributed by atoms with Crippen molar-refractivity contribution in [1.82, 2.24) is 10.0 Å². The molecular formula is C12H16N2O5S2. The van der Waals surface area contributed by atoms with Crippen LogP contribution in [0.15, 0.2) is 16.3 Å². The average Bonchev–Trinajstić information content (AvgIpc) is 3.07. The van der Waals surface area contributed by atoms with Crippen molar-refractivity contribution in [3.8, 4) is 0 Å². The molecule has 1 aliphatic carbocycles. The summed E-state index contributed by atoms with van der Waals surface area (Å²) in [6.45, 7) is 0. The molecule has 1 aromatic rings. The number of hydrogen-bond acceptors (Lipinski definition) is 5. The molecule has 0 saturated heterocycles. The molecule has 21 heavy (non-hydrogen) atoms. The number of carboxylic acid groups (broad SMARTS) is 1. The Hall–Kier alpha value is -1.45. The third-order valence-corrected chi connectivity index (χ3v) is 5.97. The zero-order valence-electron chi connectivity index (χ0n) is 11.3. The number of sulfonamides is 1. The molecule has 1 saturated carbocycles. The van der Waals surface area contributed by atoms with Crippen LogP contribution in [-0.2, 0) is 14.8 Å². The first-order valence-corrected chi connectivity index (χ1v) is 8.75. The highest BCUT2D eigenvalue weighted by Crippen LogP contribution is 2.26. The molecule has 1 fully saturated rings. The molecule has 7 nitrogen and oxygen atoms in total. The molecule has 3 N–H and O–H groups in total. The fraction of sp³-hybridized carbons (Fsp3) is 0.500. The van der Waals surface area contributed by atoms with Crippen LogP contribution in [0.1, 0.15) is 28.9 Å². The van der Waals surface area contributed by atoms with E-state index in [-0.39, 0.29) is 16.8 Å². The standard InChI is InChI=1S/C12H16N2O5S2/c1-13-21(18,19)9-5-10(20-6-9)11(15)14-8-3-2-7(4-8)12(16)17/h5-8,13H,2-4H2,1H3,(H,14,15)(H,16,17)/t7-,8+/m1/s1. The lowest BCUT2D eigenvalue weighted by molar-refractivity contribution is -0.141. The minimum absolute atomic E-state index is 0.0509. The second-order valence-electron chi connectivity index (χ2n) is 4.87. The van der Waals surface area contributed by atoms with Crippen molar-refractivity contribution >= 4 is 33.2 Å². The molecule has 9 heteroatoms. The Morgan fingerprint density at radius 2 is 2.10 bits per heavy atom. The van der Waals surface area contributed by atoms with Crippen LogP contribution >= 0.6 is 11.3 Å². The van der Waals surface area contributed by atoms with E-state index in [2.05, 4.69) is 10.0 Å². The minimum atomic E-state index is -3.56. The molecule has 0 radical (unpaired) electrons. The topological polar surface area (TPSA) is 113 Å². The summed E-state index contributed by atoms with van der Waals surface area (Å²) in [5.41, 5.74) is 0. The summed E-state index contributed by atoms with van der Waals surface area (Å²) < 4.78 is 25.4. The van der Waals surface area contributed by atoms with Crippen molar-refractivity contribution in [2.75, 3.05) is 7.05 Å². The molecule has 1 aromatic heterocycles. The van der Waals surface area contributed by atoms with Gasteiger partial charge in [0.15, 0.2) is 0 Å². The third-order valence-electron chi connectivity index (χ3n) is 3.50. The van der Waals surface area contributed by atoms with Crippen LogP contribution in [0.25, 0.3) is 0 Å². The number of carboxylic acids is 1. The molecule has 0 aliphatic heterocycles. The van der Waals surface area contributed by atoms with E-state index in [1.54, 1.807) is 0 Å². The Morgan fingerprint density at radius 1 is 1.38 bits per heavy atom. The van der Waals surface area contributed by atoms with Gasteiger partial charge in [-0.3, -0.25) is 9.59 Å². The fourth-order valence-corrected chi connectivity index (χ4v) is 4.20. The highest BCUT2D eigenvalue weighted by Gasteiger charge is 2.31. The summed E-state index contributed by atoms with van der Waals surface area (Å²) in [4.78, 5) is 23.3. The van der Waals surface area contributed by atoms with Gasteiger partial charge in [0, 0.05) is 11.4 Å². The maximum absolute atomic E-state index is 12.0. The third kappa shape index (κ3) is 3.60. The molecule has 0 unspecified atom stereocenters. The lowest BCUT2D eigenvalue weighted by atomic mass is 10.1. The quantitative estimate of drug-likeness (QED) is 0.732.